The van der Waals surface area contributed by atoms with E-state index >= 15 is 0 Å². The minimum atomic E-state index is -3.76. The van der Waals surface area contributed by atoms with E-state index < -0.39 is 20.0 Å². The normalized spacial score (nSPS) is 17.1. The lowest BCUT2D eigenvalue weighted by Gasteiger charge is -2.27. The number of hydrogen-bond donors (Lipinski definition) is 6. The van der Waals surface area contributed by atoms with Crippen LogP contribution < -0.4 is 40.2 Å². The third kappa shape index (κ3) is 19.0. The van der Waals surface area contributed by atoms with Crippen LogP contribution in [-0.2, 0) is 51.8 Å². The molecule has 6 N–H and O–H groups in total. The highest BCUT2D eigenvalue weighted by atomic mass is 35.5. The van der Waals surface area contributed by atoms with Crippen LogP contribution in [0.25, 0.3) is 0 Å². The number of ether oxygens (including phenoxy) is 6. The van der Waals surface area contributed by atoms with Gasteiger partial charge in [-0.1, -0.05) is 35.3 Å². The minimum absolute atomic E-state index is 0.0767. The van der Waals surface area contributed by atoms with Gasteiger partial charge in [0.1, 0.15) is 23.7 Å². The van der Waals surface area contributed by atoms with Gasteiger partial charge in [0.15, 0.2) is 0 Å². The van der Waals surface area contributed by atoms with Crippen LogP contribution in [0, 0.1) is 0 Å². The maximum atomic E-state index is 12.9. The molecule has 2 unspecified atom stereocenters. The first-order chi connectivity index (χ1) is 36.5. The molecule has 24 heteroatoms. The van der Waals surface area contributed by atoms with Gasteiger partial charge in [0, 0.05) is 49.3 Å². The molecule has 2 aliphatic rings. The number of fused-ring (bicyclic) bond motifs is 2. The topological polar surface area (TPSA) is 236 Å². The van der Waals surface area contributed by atoms with Gasteiger partial charge in [-0.3, -0.25) is 0 Å². The van der Waals surface area contributed by atoms with Crippen molar-refractivity contribution in [1.82, 2.24) is 40.5 Å². The molecule has 0 heterocycles. The van der Waals surface area contributed by atoms with Gasteiger partial charge in [0.05, 0.1) is 74.7 Å². The predicted molar refractivity (Wildman–Crippen MR) is 291 cm³/mol. The highest BCUT2D eigenvalue weighted by Crippen LogP contribution is 2.40. The Kier molecular flexibility index (Phi) is 24.1. The summed E-state index contributed by atoms with van der Waals surface area (Å²) in [5, 5.41) is 12.2. The molecule has 4 atom stereocenters. The fourth-order valence-electron chi connectivity index (χ4n) is 8.55. The van der Waals surface area contributed by atoms with E-state index in [0.717, 1.165) is 24.0 Å². The maximum absolute atomic E-state index is 12.9. The number of halogens is 2. The first kappa shape index (κ1) is 60.4. The number of nitrogens with zero attached hydrogens (tertiary/aromatic N) is 2. The van der Waals surface area contributed by atoms with Gasteiger partial charge in [-0.15, -0.1) is 0 Å². The number of amides is 4. The Morgan fingerprint density at radius 3 is 1.18 bits per heavy atom. The minimum Gasteiger partial charge on any atom is -0.484 e. The number of carbonyl (C=O) groups excluding carboxylic acids is 2. The van der Waals surface area contributed by atoms with Gasteiger partial charge < -0.3 is 59.5 Å². The Hall–Kier alpha value is -4.82. The highest BCUT2D eigenvalue weighted by molar-refractivity contribution is 7.89. The van der Waals surface area contributed by atoms with Gasteiger partial charge in [-0.25, -0.2) is 35.9 Å². The number of likely N-dealkylation sites (N-methyl/N-ethyl adjacent to an activating group) is 2. The van der Waals surface area contributed by atoms with E-state index in [1.165, 1.54) is 35.4 Å². The van der Waals surface area contributed by atoms with Crippen molar-refractivity contribution >= 4 is 55.3 Å². The van der Waals surface area contributed by atoms with Crippen LogP contribution in [0.5, 0.6) is 11.5 Å². The monoisotopic (exact) mass is 1130 g/mol. The van der Waals surface area contributed by atoms with Gasteiger partial charge in [0.2, 0.25) is 20.0 Å². The van der Waals surface area contributed by atoms with Crippen molar-refractivity contribution in [3.8, 4) is 11.5 Å². The van der Waals surface area contributed by atoms with E-state index in [0.29, 0.717) is 47.5 Å². The molecule has 0 aliphatic heterocycles. The second kappa shape index (κ2) is 30.4. The number of urea groups is 2. The first-order valence-corrected chi connectivity index (χ1v) is 29.0. The smallest absolute Gasteiger partial charge is 0.314 e. The molecule has 0 saturated carbocycles. The summed E-state index contributed by atoms with van der Waals surface area (Å²) in [5.41, 5.74) is 4.41. The van der Waals surface area contributed by atoms with Gasteiger partial charge in [0.25, 0.3) is 0 Å². The second-order valence-corrected chi connectivity index (χ2v) is 22.9. The maximum Gasteiger partial charge on any atom is 0.314 e. The summed E-state index contributed by atoms with van der Waals surface area (Å²) in [7, 11) is 0.492. The van der Waals surface area contributed by atoms with Crippen LogP contribution in [-0.4, -0.2) is 171 Å². The van der Waals surface area contributed by atoms with E-state index in [2.05, 4.69) is 40.5 Å². The molecule has 0 spiro atoms. The molecule has 76 heavy (non-hydrogen) atoms. The van der Waals surface area contributed by atoms with Gasteiger partial charge in [-0.2, -0.15) is 0 Å². The molecule has 0 fully saturated rings. The van der Waals surface area contributed by atoms with Crippen molar-refractivity contribution in [3.05, 3.63) is 117 Å². The fraction of sp³-hybridized carbons (Fsp3) is 0.500. The summed E-state index contributed by atoms with van der Waals surface area (Å²) in [6, 6.07) is 23.8. The number of sulfonamides is 2. The average molecular weight is 1140 g/mol. The molecule has 4 aromatic carbocycles. The standard InChI is InChI=1S/C52H72Cl2N8O12S2/c1-61(2)47-33-37-7-9-39(53)35-45(37)49(47)73-41-11-15-43(16-12-41)75(65,66)59-23-27-71-31-29-69-25-21-57-51(63)55-19-5-6-20-56-52(64)58-22-26-70-30-32-72-28-24-60-76(67,68)44-17-13-42(14-18-44)74-50-46-36-40(54)10-8-38(46)34-48(50)62(3)4/h7-18,35-36,47-50,59-60H,5-6,19-34H2,1-4H3,(H2,55,57,63)(H2,56,58,64)/t47?,48?,49-,50-/m0/s1. The number of unbranched alkanes of at least 4 members (excludes halogenated alkanes) is 1. The Labute approximate surface area is 457 Å². The van der Waals surface area contributed by atoms with E-state index in [9.17, 15) is 26.4 Å². The van der Waals surface area contributed by atoms with Crippen LogP contribution in [0.4, 0.5) is 9.59 Å². The predicted octanol–water partition coefficient (Wildman–Crippen LogP) is 4.91. The van der Waals surface area contributed by atoms with E-state index in [4.69, 9.17) is 51.6 Å². The summed E-state index contributed by atoms with van der Waals surface area (Å²) in [6.45, 7) is 3.45. The van der Waals surface area contributed by atoms with E-state index in [1.807, 2.05) is 64.6 Å². The summed E-state index contributed by atoms with van der Waals surface area (Å²) < 4.78 is 91.2. The van der Waals surface area contributed by atoms with Crippen molar-refractivity contribution in [2.24, 2.45) is 0 Å². The van der Waals surface area contributed by atoms with Gasteiger partial charge in [-0.05, 0) is 149 Å². The van der Waals surface area contributed by atoms with E-state index in [-0.39, 0.29) is 125 Å². The average Bonchev–Trinajstić information content (AvgIpc) is 3.95. The molecule has 6 rings (SSSR count). The summed E-state index contributed by atoms with van der Waals surface area (Å²) in [6.07, 6.45) is 2.47. The van der Waals surface area contributed by atoms with Crippen LogP contribution in [0.1, 0.15) is 47.3 Å². The third-order valence-electron chi connectivity index (χ3n) is 12.6. The molecule has 2 aliphatic carbocycles. The SMILES string of the molecule is CN(C)C1Cc2ccc(Cl)cc2[C@@H]1Oc1ccc(S(=O)(=O)NCCOCCOCCNC(=O)NCCCCNC(=O)NCCOCCOCCNS(=O)(=O)c2ccc(O[C@H]3c4cc(Cl)ccc4CC3N(C)C)cc2)cc1. The fourth-order valence-corrected chi connectivity index (χ4v) is 10.9. The molecule has 20 nitrogen and oxygen atoms in total. The zero-order valence-electron chi connectivity index (χ0n) is 43.5. The number of hydrogen-bond acceptors (Lipinski definition) is 14. The lowest BCUT2D eigenvalue weighted by atomic mass is 10.1. The van der Waals surface area contributed by atoms with Crippen molar-refractivity contribution < 1.29 is 54.8 Å². The summed E-state index contributed by atoms with van der Waals surface area (Å²) >= 11 is 12.6. The zero-order valence-corrected chi connectivity index (χ0v) is 46.6. The Morgan fingerprint density at radius 2 is 0.829 bits per heavy atom. The molecule has 0 saturated heterocycles. The van der Waals surface area contributed by atoms with Crippen molar-refractivity contribution in [2.75, 3.05) is 120 Å². The third-order valence-corrected chi connectivity index (χ3v) is 16.0. The lowest BCUT2D eigenvalue weighted by Crippen LogP contribution is -2.39. The summed E-state index contributed by atoms with van der Waals surface area (Å²) in [4.78, 5) is 28.6. The second-order valence-electron chi connectivity index (χ2n) is 18.5. The highest BCUT2D eigenvalue weighted by Gasteiger charge is 2.37. The Bertz CT molecular complexity index is 2510. The van der Waals surface area contributed by atoms with Crippen molar-refractivity contribution in [2.45, 2.75) is 59.8 Å². The lowest BCUT2D eigenvalue weighted by molar-refractivity contribution is 0.0516. The number of rotatable bonds is 33. The van der Waals surface area contributed by atoms with Crippen molar-refractivity contribution in [3.63, 3.8) is 0 Å². The van der Waals surface area contributed by atoms with Crippen LogP contribution in [0.15, 0.2) is 94.7 Å². The van der Waals surface area contributed by atoms with Crippen LogP contribution in [0.2, 0.25) is 10.0 Å². The van der Waals surface area contributed by atoms with Gasteiger partial charge >= 0.3 is 12.1 Å². The molecule has 4 aromatic rings. The number of benzene rings is 4. The number of carbonyl (C=O) groups is 2. The quantitative estimate of drug-likeness (QED) is 0.0348. The Morgan fingerprint density at radius 1 is 0.487 bits per heavy atom. The molecule has 4 amide bonds. The zero-order chi connectivity index (χ0) is 54.5. The van der Waals surface area contributed by atoms with E-state index in [1.54, 1.807) is 24.3 Å². The van der Waals surface area contributed by atoms with Crippen LogP contribution >= 0.6 is 23.2 Å². The van der Waals surface area contributed by atoms with Crippen LogP contribution in [0.3, 0.4) is 0 Å². The molecule has 0 aromatic heterocycles. The largest absolute Gasteiger partial charge is 0.484 e. The first-order valence-electron chi connectivity index (χ1n) is 25.3. The number of nitrogens with one attached hydrogen (secondary N) is 6. The Balaban J connectivity index is 0.688. The molecule has 418 valence electrons. The van der Waals surface area contributed by atoms with Crippen molar-refractivity contribution in [1.29, 1.82) is 0 Å². The summed E-state index contributed by atoms with van der Waals surface area (Å²) in [5.74, 6) is 1.11. The molecule has 0 radical (unpaired) electrons. The molecule has 0 bridgehead atoms. The molecular formula is C52H72Cl2N8O12S2. The molecular weight excluding hydrogens is 1060 g/mol.